The molecule has 1 aromatic carbocycles. The van der Waals surface area contributed by atoms with Crippen LogP contribution in [0.15, 0.2) is 41.1 Å². The highest BCUT2D eigenvalue weighted by atomic mass is 16.5. The summed E-state index contributed by atoms with van der Waals surface area (Å²) >= 11 is 0. The lowest BCUT2D eigenvalue weighted by Crippen LogP contribution is -2.44. The Kier molecular flexibility index (Phi) is 3.87. The minimum atomic E-state index is -0.268. The number of aromatic nitrogens is 1. The maximum atomic E-state index is 11.8. The van der Waals surface area contributed by atoms with Crippen molar-refractivity contribution in [1.82, 2.24) is 10.1 Å². The zero-order valence-corrected chi connectivity index (χ0v) is 12.0. The van der Waals surface area contributed by atoms with E-state index >= 15 is 0 Å². The van der Waals surface area contributed by atoms with E-state index in [1.807, 2.05) is 24.3 Å². The number of hydrogen-bond donors (Lipinski definition) is 1. The van der Waals surface area contributed by atoms with Crippen molar-refractivity contribution in [2.24, 2.45) is 0 Å². The van der Waals surface area contributed by atoms with Crippen molar-refractivity contribution < 1.29 is 9.32 Å². The molecule has 1 N–H and O–H groups in total. The zero-order chi connectivity index (χ0) is 14.7. The van der Waals surface area contributed by atoms with Gasteiger partial charge in [0.25, 0.3) is 5.91 Å². The summed E-state index contributed by atoms with van der Waals surface area (Å²) in [7, 11) is 2.14. The van der Waals surface area contributed by atoms with Gasteiger partial charge in [0.15, 0.2) is 5.69 Å². The van der Waals surface area contributed by atoms with Crippen LogP contribution < -0.4 is 10.2 Å². The summed E-state index contributed by atoms with van der Waals surface area (Å²) in [5.41, 5.74) is 2.21. The fourth-order valence-electron chi connectivity index (χ4n) is 2.35. The van der Waals surface area contributed by atoms with Crippen molar-refractivity contribution >= 4 is 17.3 Å². The van der Waals surface area contributed by atoms with Gasteiger partial charge in [0.1, 0.15) is 6.26 Å². The molecule has 0 spiro atoms. The Morgan fingerprint density at radius 1 is 1.14 bits per heavy atom. The second kappa shape index (κ2) is 5.97. The standard InChI is InChI=1S/C15H18N4O2/c1-18-7-9-19(10-8-18)13-4-2-12(3-5-13)16-15(20)14-6-11-21-17-14/h2-6,11H,7-10H2,1H3,(H,16,20). The Morgan fingerprint density at radius 2 is 1.86 bits per heavy atom. The fourth-order valence-corrected chi connectivity index (χ4v) is 2.35. The Balaban J connectivity index is 1.63. The van der Waals surface area contributed by atoms with Crippen LogP contribution in [0.1, 0.15) is 10.5 Å². The molecule has 6 heteroatoms. The smallest absolute Gasteiger partial charge is 0.277 e. The van der Waals surface area contributed by atoms with E-state index in [0.717, 1.165) is 31.9 Å². The highest BCUT2D eigenvalue weighted by molar-refractivity contribution is 6.02. The van der Waals surface area contributed by atoms with Crippen molar-refractivity contribution in [3.8, 4) is 0 Å². The molecule has 6 nitrogen and oxygen atoms in total. The van der Waals surface area contributed by atoms with E-state index < -0.39 is 0 Å². The molecule has 0 bridgehead atoms. The maximum Gasteiger partial charge on any atom is 0.277 e. The van der Waals surface area contributed by atoms with Crippen LogP contribution in [0.25, 0.3) is 0 Å². The van der Waals surface area contributed by atoms with Gasteiger partial charge < -0.3 is 19.6 Å². The van der Waals surface area contributed by atoms with Crippen molar-refractivity contribution in [1.29, 1.82) is 0 Å². The predicted molar refractivity (Wildman–Crippen MR) is 80.6 cm³/mol. The van der Waals surface area contributed by atoms with Crippen LogP contribution in [-0.4, -0.2) is 49.2 Å². The van der Waals surface area contributed by atoms with E-state index in [1.165, 1.54) is 18.0 Å². The molecule has 110 valence electrons. The predicted octanol–water partition coefficient (Wildman–Crippen LogP) is 1.68. The number of amides is 1. The molecule has 0 radical (unpaired) electrons. The fraction of sp³-hybridized carbons (Fsp3) is 0.333. The number of nitrogens with one attached hydrogen (secondary N) is 1. The number of benzene rings is 1. The molecule has 1 aliphatic heterocycles. The van der Waals surface area contributed by atoms with Crippen LogP contribution in [0.3, 0.4) is 0 Å². The molecule has 1 aliphatic rings. The summed E-state index contributed by atoms with van der Waals surface area (Å²) in [5, 5.41) is 6.40. The molecule has 2 aromatic rings. The molecule has 1 saturated heterocycles. The van der Waals surface area contributed by atoms with Gasteiger partial charge in [-0.3, -0.25) is 4.79 Å². The Morgan fingerprint density at radius 3 is 2.48 bits per heavy atom. The summed E-state index contributed by atoms with van der Waals surface area (Å²) in [5.74, 6) is -0.268. The number of likely N-dealkylation sites (N-methyl/N-ethyl adjacent to an activating group) is 1. The minimum absolute atomic E-state index is 0.268. The highest BCUT2D eigenvalue weighted by Crippen LogP contribution is 2.19. The van der Waals surface area contributed by atoms with Gasteiger partial charge in [-0.1, -0.05) is 5.16 Å². The van der Waals surface area contributed by atoms with Crippen molar-refractivity contribution in [3.63, 3.8) is 0 Å². The monoisotopic (exact) mass is 286 g/mol. The second-order valence-electron chi connectivity index (χ2n) is 5.18. The van der Waals surface area contributed by atoms with Gasteiger partial charge >= 0.3 is 0 Å². The topological polar surface area (TPSA) is 61.6 Å². The maximum absolute atomic E-state index is 11.8. The Bertz CT molecular complexity index is 587. The van der Waals surface area contributed by atoms with Gasteiger partial charge in [-0.2, -0.15) is 0 Å². The first-order valence-corrected chi connectivity index (χ1v) is 6.98. The highest BCUT2D eigenvalue weighted by Gasteiger charge is 2.14. The Hall–Kier alpha value is -2.34. The molecule has 0 atom stereocenters. The molecule has 1 amide bonds. The van der Waals surface area contributed by atoms with E-state index in [-0.39, 0.29) is 11.6 Å². The lowest BCUT2D eigenvalue weighted by Gasteiger charge is -2.34. The summed E-state index contributed by atoms with van der Waals surface area (Å²) in [6, 6.07) is 9.42. The summed E-state index contributed by atoms with van der Waals surface area (Å²) in [6.45, 7) is 4.21. The normalized spacial score (nSPS) is 16.0. The Labute approximate surface area is 123 Å². The minimum Gasteiger partial charge on any atom is -0.369 e. The first-order valence-electron chi connectivity index (χ1n) is 6.98. The molecule has 2 heterocycles. The van der Waals surface area contributed by atoms with E-state index in [4.69, 9.17) is 0 Å². The lowest BCUT2D eigenvalue weighted by atomic mass is 10.2. The number of nitrogens with zero attached hydrogens (tertiary/aromatic N) is 3. The average molecular weight is 286 g/mol. The van der Waals surface area contributed by atoms with E-state index in [2.05, 4.69) is 31.8 Å². The molecule has 0 unspecified atom stereocenters. The van der Waals surface area contributed by atoms with Crippen LogP contribution in [0.2, 0.25) is 0 Å². The van der Waals surface area contributed by atoms with Gasteiger partial charge in [-0.25, -0.2) is 0 Å². The van der Waals surface area contributed by atoms with Gasteiger partial charge in [0.05, 0.1) is 0 Å². The quantitative estimate of drug-likeness (QED) is 0.930. The third-order valence-electron chi connectivity index (χ3n) is 3.66. The van der Waals surface area contributed by atoms with Gasteiger partial charge in [0, 0.05) is 43.6 Å². The molecular weight excluding hydrogens is 268 g/mol. The molecular formula is C15H18N4O2. The first kappa shape index (κ1) is 13.6. The van der Waals surface area contributed by atoms with Crippen LogP contribution in [0.4, 0.5) is 11.4 Å². The SMILES string of the molecule is CN1CCN(c2ccc(NC(=O)c3ccon3)cc2)CC1. The molecule has 0 saturated carbocycles. The van der Waals surface area contributed by atoms with Gasteiger partial charge in [-0.15, -0.1) is 0 Å². The largest absolute Gasteiger partial charge is 0.369 e. The molecule has 0 aliphatic carbocycles. The number of piperazine rings is 1. The van der Waals surface area contributed by atoms with Crippen LogP contribution in [0, 0.1) is 0 Å². The van der Waals surface area contributed by atoms with E-state index in [9.17, 15) is 4.79 Å². The van der Waals surface area contributed by atoms with E-state index in [1.54, 1.807) is 0 Å². The third-order valence-corrected chi connectivity index (χ3v) is 3.66. The molecule has 3 rings (SSSR count). The van der Waals surface area contributed by atoms with Gasteiger partial charge in [-0.05, 0) is 31.3 Å². The van der Waals surface area contributed by atoms with Crippen LogP contribution in [0.5, 0.6) is 0 Å². The molecule has 1 aromatic heterocycles. The zero-order valence-electron chi connectivity index (χ0n) is 12.0. The number of carbonyl (C=O) groups is 1. The van der Waals surface area contributed by atoms with Gasteiger partial charge in [0.2, 0.25) is 0 Å². The molecule has 1 fully saturated rings. The van der Waals surface area contributed by atoms with Crippen LogP contribution in [-0.2, 0) is 0 Å². The van der Waals surface area contributed by atoms with Crippen LogP contribution >= 0.6 is 0 Å². The first-order chi connectivity index (χ1) is 10.2. The third kappa shape index (κ3) is 3.22. The summed E-state index contributed by atoms with van der Waals surface area (Å²) in [4.78, 5) is 16.5. The van der Waals surface area contributed by atoms with Crippen molar-refractivity contribution in [2.75, 3.05) is 43.4 Å². The van der Waals surface area contributed by atoms with Crippen molar-refractivity contribution in [3.05, 3.63) is 42.3 Å². The second-order valence-corrected chi connectivity index (χ2v) is 5.18. The number of carbonyl (C=O) groups excluding carboxylic acids is 1. The number of anilines is 2. The lowest BCUT2D eigenvalue weighted by molar-refractivity contribution is 0.101. The summed E-state index contributed by atoms with van der Waals surface area (Å²) < 4.78 is 4.66. The average Bonchev–Trinajstić information content (AvgIpc) is 3.03. The number of hydrogen-bond acceptors (Lipinski definition) is 5. The molecule has 21 heavy (non-hydrogen) atoms. The number of rotatable bonds is 3. The summed E-state index contributed by atoms with van der Waals surface area (Å²) in [6.07, 6.45) is 1.38. The van der Waals surface area contributed by atoms with E-state index in [0.29, 0.717) is 0 Å². The van der Waals surface area contributed by atoms with Crippen molar-refractivity contribution in [2.45, 2.75) is 0 Å².